The standard InChI is InChI=1S/C16H12ClF3N2O3S/c17-9-5-3-8(4-6-9)13(23)11-12(10-2-1-7-26-10)21-14(24)22-15(11,25)16(18,19)20/h1-7,11-12,25H,(H2,21,22,24)/t11-,12+,15+/m1/s1. The molecule has 1 aliphatic rings. The maximum Gasteiger partial charge on any atom is 0.437 e. The second-order valence-corrected chi connectivity index (χ2v) is 7.12. The highest BCUT2D eigenvalue weighted by Crippen LogP contribution is 2.44. The predicted octanol–water partition coefficient (Wildman–Crippen LogP) is 3.51. The van der Waals surface area contributed by atoms with Gasteiger partial charge in [-0.25, -0.2) is 4.79 Å². The summed E-state index contributed by atoms with van der Waals surface area (Å²) in [4.78, 5) is 25.0. The number of hydrogen-bond acceptors (Lipinski definition) is 4. The number of aliphatic hydroxyl groups is 1. The van der Waals surface area contributed by atoms with Crippen molar-refractivity contribution in [2.24, 2.45) is 5.92 Å². The number of thiophene rings is 1. The molecule has 138 valence electrons. The molecule has 2 heterocycles. The zero-order chi connectivity index (χ0) is 19.1. The van der Waals surface area contributed by atoms with Gasteiger partial charge in [0, 0.05) is 15.5 Å². The summed E-state index contributed by atoms with van der Waals surface area (Å²) in [6, 6.07) is 5.74. The maximum absolute atomic E-state index is 13.6. The summed E-state index contributed by atoms with van der Waals surface area (Å²) >= 11 is 6.82. The van der Waals surface area contributed by atoms with E-state index in [-0.39, 0.29) is 5.56 Å². The number of alkyl halides is 3. The lowest BCUT2D eigenvalue weighted by molar-refractivity contribution is -0.287. The number of benzene rings is 1. The number of Topliss-reactive ketones (excluding diaryl/α,β-unsaturated/α-hetero) is 1. The molecule has 0 saturated carbocycles. The van der Waals surface area contributed by atoms with E-state index in [1.54, 1.807) is 11.4 Å². The van der Waals surface area contributed by atoms with Gasteiger partial charge in [-0.2, -0.15) is 13.2 Å². The molecule has 3 rings (SSSR count). The van der Waals surface area contributed by atoms with Crippen molar-refractivity contribution >= 4 is 34.8 Å². The number of carbonyl (C=O) groups is 2. The van der Waals surface area contributed by atoms with Crippen LogP contribution in [0, 0.1) is 5.92 Å². The van der Waals surface area contributed by atoms with Gasteiger partial charge in [-0.1, -0.05) is 17.7 Å². The fraction of sp³-hybridized carbons (Fsp3) is 0.250. The zero-order valence-corrected chi connectivity index (χ0v) is 14.5. The van der Waals surface area contributed by atoms with Crippen molar-refractivity contribution in [3.63, 3.8) is 0 Å². The van der Waals surface area contributed by atoms with Crippen LogP contribution in [0.2, 0.25) is 5.02 Å². The Labute approximate surface area is 154 Å². The molecule has 5 nitrogen and oxygen atoms in total. The molecular weight excluding hydrogens is 393 g/mol. The molecule has 1 saturated heterocycles. The van der Waals surface area contributed by atoms with Crippen LogP contribution < -0.4 is 10.6 Å². The van der Waals surface area contributed by atoms with Gasteiger partial charge in [-0.05, 0) is 35.7 Å². The molecule has 0 bridgehead atoms. The number of halogens is 4. The summed E-state index contributed by atoms with van der Waals surface area (Å²) in [5, 5.41) is 16.0. The Morgan fingerprint density at radius 2 is 1.88 bits per heavy atom. The summed E-state index contributed by atoms with van der Waals surface area (Å²) in [5.74, 6) is -3.01. The number of carbonyl (C=O) groups excluding carboxylic acids is 2. The lowest BCUT2D eigenvalue weighted by Gasteiger charge is -2.44. The van der Waals surface area contributed by atoms with Crippen LogP contribution in [0.15, 0.2) is 41.8 Å². The Kier molecular flexibility index (Phi) is 4.72. The highest BCUT2D eigenvalue weighted by molar-refractivity contribution is 7.10. The highest BCUT2D eigenvalue weighted by atomic mass is 35.5. The Bertz CT molecular complexity index is 826. The quantitative estimate of drug-likeness (QED) is 0.685. The first-order valence-corrected chi connectivity index (χ1v) is 8.60. The molecule has 1 aromatic heterocycles. The van der Waals surface area contributed by atoms with Crippen molar-refractivity contribution in [1.29, 1.82) is 0 Å². The van der Waals surface area contributed by atoms with E-state index in [9.17, 15) is 27.9 Å². The molecule has 10 heteroatoms. The van der Waals surface area contributed by atoms with Crippen LogP contribution in [0.3, 0.4) is 0 Å². The van der Waals surface area contributed by atoms with Crippen LogP contribution in [-0.2, 0) is 0 Å². The molecule has 26 heavy (non-hydrogen) atoms. The second-order valence-electron chi connectivity index (χ2n) is 5.70. The Balaban J connectivity index is 2.13. The van der Waals surface area contributed by atoms with Crippen molar-refractivity contribution in [1.82, 2.24) is 10.6 Å². The van der Waals surface area contributed by atoms with Crippen molar-refractivity contribution in [2.75, 3.05) is 0 Å². The van der Waals surface area contributed by atoms with Gasteiger partial charge in [-0.15, -0.1) is 11.3 Å². The number of nitrogens with one attached hydrogen (secondary N) is 2. The van der Waals surface area contributed by atoms with Crippen LogP contribution in [0.4, 0.5) is 18.0 Å². The number of amides is 2. The van der Waals surface area contributed by atoms with Gasteiger partial charge in [-0.3, -0.25) is 4.79 Å². The van der Waals surface area contributed by atoms with E-state index < -0.39 is 35.7 Å². The third-order valence-corrected chi connectivity index (χ3v) is 5.27. The fourth-order valence-corrected chi connectivity index (χ4v) is 3.78. The largest absolute Gasteiger partial charge is 0.437 e. The molecule has 0 aliphatic carbocycles. The van der Waals surface area contributed by atoms with Gasteiger partial charge < -0.3 is 15.7 Å². The molecule has 3 atom stereocenters. The topological polar surface area (TPSA) is 78.4 Å². The fourth-order valence-electron chi connectivity index (χ4n) is 2.84. The summed E-state index contributed by atoms with van der Waals surface area (Å²) in [7, 11) is 0. The van der Waals surface area contributed by atoms with E-state index in [2.05, 4.69) is 5.32 Å². The minimum atomic E-state index is -5.27. The van der Waals surface area contributed by atoms with Crippen LogP contribution in [0.25, 0.3) is 0 Å². The molecule has 0 unspecified atom stereocenters. The number of rotatable bonds is 3. The van der Waals surface area contributed by atoms with E-state index in [1.165, 1.54) is 35.6 Å². The summed E-state index contributed by atoms with van der Waals surface area (Å²) in [6.07, 6.45) is -5.27. The predicted molar refractivity (Wildman–Crippen MR) is 89.0 cm³/mol. The van der Waals surface area contributed by atoms with Gasteiger partial charge in [0.15, 0.2) is 5.78 Å². The van der Waals surface area contributed by atoms with Crippen LogP contribution in [0.5, 0.6) is 0 Å². The van der Waals surface area contributed by atoms with Gasteiger partial charge in [0.1, 0.15) is 5.92 Å². The lowest BCUT2D eigenvalue weighted by Crippen LogP contribution is -2.72. The number of urea groups is 1. The average Bonchev–Trinajstić information content (AvgIpc) is 3.07. The smallest absolute Gasteiger partial charge is 0.363 e. The molecule has 0 radical (unpaired) electrons. The van der Waals surface area contributed by atoms with Crippen LogP contribution in [-0.4, -0.2) is 28.8 Å². The van der Waals surface area contributed by atoms with E-state index in [0.717, 1.165) is 11.3 Å². The molecule has 1 aromatic carbocycles. The maximum atomic E-state index is 13.6. The first kappa shape index (κ1) is 18.7. The summed E-state index contributed by atoms with van der Waals surface area (Å²) in [6.45, 7) is 0. The molecule has 2 aromatic rings. The van der Waals surface area contributed by atoms with Crippen molar-refractivity contribution in [3.05, 3.63) is 57.2 Å². The molecule has 2 amide bonds. The van der Waals surface area contributed by atoms with Gasteiger partial charge in [0.05, 0.1) is 6.04 Å². The zero-order valence-electron chi connectivity index (χ0n) is 12.9. The third kappa shape index (κ3) is 3.17. The van der Waals surface area contributed by atoms with Gasteiger partial charge in [0.2, 0.25) is 5.72 Å². The van der Waals surface area contributed by atoms with Crippen LogP contribution >= 0.6 is 22.9 Å². The van der Waals surface area contributed by atoms with E-state index >= 15 is 0 Å². The van der Waals surface area contributed by atoms with Crippen molar-refractivity contribution in [2.45, 2.75) is 17.9 Å². The molecule has 1 aliphatic heterocycles. The van der Waals surface area contributed by atoms with E-state index in [4.69, 9.17) is 11.6 Å². The molecule has 1 fully saturated rings. The monoisotopic (exact) mass is 404 g/mol. The normalized spacial score (nSPS) is 26.1. The minimum absolute atomic E-state index is 0.0680. The Morgan fingerprint density at radius 1 is 1.23 bits per heavy atom. The first-order valence-electron chi connectivity index (χ1n) is 7.34. The molecule has 0 spiro atoms. The minimum Gasteiger partial charge on any atom is -0.363 e. The van der Waals surface area contributed by atoms with Gasteiger partial charge >= 0.3 is 12.2 Å². The SMILES string of the molecule is O=C1N[C@@H](c2cccs2)[C@H](C(=O)c2ccc(Cl)cc2)[C@](O)(C(F)(F)F)N1. The molecule has 3 N–H and O–H groups in total. The molecular formula is C16H12ClF3N2O3S. The number of ketones is 1. The summed E-state index contributed by atoms with van der Waals surface area (Å²) in [5.41, 5.74) is -3.79. The van der Waals surface area contributed by atoms with E-state index in [0.29, 0.717) is 9.90 Å². The average molecular weight is 405 g/mol. The number of hydrogen-bond donors (Lipinski definition) is 3. The summed E-state index contributed by atoms with van der Waals surface area (Å²) < 4.78 is 40.9. The van der Waals surface area contributed by atoms with Crippen LogP contribution in [0.1, 0.15) is 21.3 Å². The highest BCUT2D eigenvalue weighted by Gasteiger charge is 2.66. The lowest BCUT2D eigenvalue weighted by atomic mass is 9.79. The van der Waals surface area contributed by atoms with Crippen molar-refractivity contribution < 1.29 is 27.9 Å². The van der Waals surface area contributed by atoms with Crippen molar-refractivity contribution in [3.8, 4) is 0 Å². The van der Waals surface area contributed by atoms with E-state index in [1.807, 2.05) is 0 Å². The first-order chi connectivity index (χ1) is 12.1. The van der Waals surface area contributed by atoms with Gasteiger partial charge in [0.25, 0.3) is 0 Å². The Morgan fingerprint density at radius 3 is 2.42 bits per heavy atom. The third-order valence-electron chi connectivity index (χ3n) is 4.07. The Hall–Kier alpha value is -2.10. The second kappa shape index (κ2) is 6.57.